The fourth-order valence-electron chi connectivity index (χ4n) is 5.03. The molecule has 0 radical (unpaired) electrons. The molecular formula is C29H30FN5O3. The maximum atomic E-state index is 14.0. The van der Waals surface area contributed by atoms with Gasteiger partial charge in [-0.3, -0.25) is 14.5 Å². The summed E-state index contributed by atoms with van der Waals surface area (Å²) in [7, 11) is 1.55. The number of hydrogen-bond donors (Lipinski definition) is 1. The molecule has 8 nitrogen and oxygen atoms in total. The topological polar surface area (TPSA) is 89.4 Å². The molecule has 1 saturated carbocycles. The van der Waals surface area contributed by atoms with Gasteiger partial charge >= 0.3 is 0 Å². The van der Waals surface area contributed by atoms with E-state index in [2.05, 4.69) is 15.6 Å². The van der Waals surface area contributed by atoms with Crippen molar-refractivity contribution in [3.05, 3.63) is 84.2 Å². The van der Waals surface area contributed by atoms with Gasteiger partial charge in [0.15, 0.2) is 0 Å². The van der Waals surface area contributed by atoms with E-state index in [-0.39, 0.29) is 24.4 Å². The molecule has 1 fully saturated rings. The van der Waals surface area contributed by atoms with Gasteiger partial charge in [0.1, 0.15) is 29.7 Å². The number of carbonyl (C=O) groups excluding carboxylic acids is 2. The van der Waals surface area contributed by atoms with Crippen LogP contribution in [-0.2, 0) is 16.1 Å². The lowest BCUT2D eigenvalue weighted by Crippen LogP contribution is -2.48. The smallest absolute Gasteiger partial charge is 0.249 e. The number of ether oxygens (including phenoxy) is 1. The lowest BCUT2D eigenvalue weighted by atomic mass is 9.94. The van der Waals surface area contributed by atoms with Crippen molar-refractivity contribution in [3.63, 3.8) is 0 Å². The summed E-state index contributed by atoms with van der Waals surface area (Å²) in [6, 6.07) is 19.1. The van der Waals surface area contributed by atoms with Crippen molar-refractivity contribution in [3.8, 4) is 5.75 Å². The third-order valence-corrected chi connectivity index (χ3v) is 6.95. The van der Waals surface area contributed by atoms with Gasteiger partial charge < -0.3 is 10.1 Å². The zero-order valence-electron chi connectivity index (χ0n) is 21.2. The summed E-state index contributed by atoms with van der Waals surface area (Å²) in [6.45, 7) is -0.158. The zero-order valence-corrected chi connectivity index (χ0v) is 21.2. The minimum absolute atomic E-state index is 0.0359. The monoisotopic (exact) mass is 515 g/mol. The molecular weight excluding hydrogens is 485 g/mol. The van der Waals surface area contributed by atoms with Gasteiger partial charge in [-0.1, -0.05) is 48.7 Å². The van der Waals surface area contributed by atoms with Crippen molar-refractivity contribution in [1.29, 1.82) is 0 Å². The van der Waals surface area contributed by atoms with Crippen LogP contribution in [0.5, 0.6) is 5.75 Å². The fourth-order valence-corrected chi connectivity index (χ4v) is 5.03. The standard InChI is InChI=1S/C29H30FN5O3/c1-38-24-11-7-8-20(18-24)28(29(37)31-22-9-3-2-4-10-22)35(23-16-14-21(30)15-17-23)27(36)19-34-26-13-6-5-12-25(26)32-33-34/h5-8,11-18,22,28H,2-4,9-10,19H2,1H3,(H,31,37)/t28-/m1/s1. The van der Waals surface area contributed by atoms with Crippen LogP contribution in [0.4, 0.5) is 10.1 Å². The minimum atomic E-state index is -1.01. The van der Waals surface area contributed by atoms with Crippen LogP contribution in [0.2, 0.25) is 0 Å². The Balaban J connectivity index is 1.57. The third kappa shape index (κ3) is 5.51. The number of hydrogen-bond acceptors (Lipinski definition) is 5. The molecule has 38 heavy (non-hydrogen) atoms. The van der Waals surface area contributed by atoms with E-state index in [1.807, 2.05) is 24.3 Å². The highest BCUT2D eigenvalue weighted by molar-refractivity contribution is 6.01. The van der Waals surface area contributed by atoms with Crippen molar-refractivity contribution in [2.75, 3.05) is 12.0 Å². The molecule has 1 heterocycles. The number of aromatic nitrogens is 3. The minimum Gasteiger partial charge on any atom is -0.497 e. The second-order valence-corrected chi connectivity index (χ2v) is 9.50. The Kier molecular flexibility index (Phi) is 7.62. The molecule has 0 aliphatic heterocycles. The third-order valence-electron chi connectivity index (χ3n) is 6.95. The van der Waals surface area contributed by atoms with Crippen molar-refractivity contribution in [2.24, 2.45) is 0 Å². The first kappa shape index (κ1) is 25.4. The van der Waals surface area contributed by atoms with Crippen molar-refractivity contribution >= 4 is 28.5 Å². The molecule has 0 bridgehead atoms. The van der Waals surface area contributed by atoms with Gasteiger partial charge in [-0.2, -0.15) is 0 Å². The lowest BCUT2D eigenvalue weighted by molar-refractivity contribution is -0.127. The molecule has 5 rings (SSSR count). The number of nitrogens with one attached hydrogen (secondary N) is 1. The Morgan fingerprint density at radius 1 is 1.05 bits per heavy atom. The Morgan fingerprint density at radius 2 is 1.82 bits per heavy atom. The van der Waals surface area contributed by atoms with Crippen LogP contribution < -0.4 is 15.0 Å². The van der Waals surface area contributed by atoms with E-state index < -0.39 is 11.9 Å². The van der Waals surface area contributed by atoms with Crippen LogP contribution in [0.15, 0.2) is 72.8 Å². The van der Waals surface area contributed by atoms with E-state index in [1.54, 1.807) is 31.4 Å². The number of fused-ring (bicyclic) bond motifs is 1. The van der Waals surface area contributed by atoms with E-state index in [4.69, 9.17) is 4.74 Å². The van der Waals surface area contributed by atoms with Crippen LogP contribution in [0.25, 0.3) is 11.0 Å². The number of carbonyl (C=O) groups is 2. The Hall–Kier alpha value is -4.27. The molecule has 4 aromatic rings. The number of nitrogens with zero attached hydrogens (tertiary/aromatic N) is 4. The summed E-state index contributed by atoms with van der Waals surface area (Å²) in [6.07, 6.45) is 5.04. The van der Waals surface area contributed by atoms with Gasteiger partial charge in [0.25, 0.3) is 0 Å². The highest BCUT2D eigenvalue weighted by Gasteiger charge is 2.34. The van der Waals surface area contributed by atoms with E-state index in [1.165, 1.54) is 33.8 Å². The number of amides is 2. The molecule has 9 heteroatoms. The molecule has 0 spiro atoms. The summed E-state index contributed by atoms with van der Waals surface area (Å²) in [5, 5.41) is 11.5. The maximum absolute atomic E-state index is 14.0. The van der Waals surface area contributed by atoms with E-state index >= 15 is 0 Å². The summed E-state index contributed by atoms with van der Waals surface area (Å²) >= 11 is 0. The predicted molar refractivity (Wildman–Crippen MR) is 142 cm³/mol. The zero-order chi connectivity index (χ0) is 26.5. The summed E-state index contributed by atoms with van der Waals surface area (Å²) < 4.78 is 20.8. The SMILES string of the molecule is COc1cccc([C@H](C(=O)NC2CCCCC2)N(C(=O)Cn2nnc3ccccc32)c2ccc(F)cc2)c1. The van der Waals surface area contributed by atoms with E-state index in [0.29, 0.717) is 28.0 Å². The van der Waals surface area contributed by atoms with Crippen LogP contribution in [0, 0.1) is 5.82 Å². The van der Waals surface area contributed by atoms with Crippen molar-refractivity contribution in [1.82, 2.24) is 20.3 Å². The molecule has 196 valence electrons. The number of benzene rings is 3. The first-order valence-electron chi connectivity index (χ1n) is 12.8. The van der Waals surface area contributed by atoms with E-state index in [0.717, 1.165) is 32.1 Å². The molecule has 0 unspecified atom stereocenters. The van der Waals surface area contributed by atoms with Crippen molar-refractivity contribution < 1.29 is 18.7 Å². The van der Waals surface area contributed by atoms with Gasteiger partial charge in [0, 0.05) is 11.7 Å². The van der Waals surface area contributed by atoms with Crippen LogP contribution in [0.1, 0.15) is 43.7 Å². The van der Waals surface area contributed by atoms with Crippen LogP contribution in [0.3, 0.4) is 0 Å². The molecule has 3 aromatic carbocycles. The number of anilines is 1. The highest BCUT2D eigenvalue weighted by atomic mass is 19.1. The van der Waals surface area contributed by atoms with Gasteiger partial charge in [-0.25, -0.2) is 9.07 Å². The Bertz CT molecular complexity index is 1420. The van der Waals surface area contributed by atoms with Crippen molar-refractivity contribution in [2.45, 2.75) is 50.7 Å². The first-order valence-corrected chi connectivity index (χ1v) is 12.8. The average Bonchev–Trinajstić information content (AvgIpc) is 3.35. The first-order chi connectivity index (χ1) is 18.5. The second kappa shape index (κ2) is 11.4. The van der Waals surface area contributed by atoms with Gasteiger partial charge in [-0.05, 0) is 66.9 Å². The second-order valence-electron chi connectivity index (χ2n) is 9.50. The molecule has 1 aliphatic carbocycles. The average molecular weight is 516 g/mol. The number of para-hydroxylation sites is 1. The van der Waals surface area contributed by atoms with E-state index in [9.17, 15) is 14.0 Å². The summed E-state index contributed by atoms with van der Waals surface area (Å²) in [5.41, 5.74) is 2.34. The lowest BCUT2D eigenvalue weighted by Gasteiger charge is -2.33. The van der Waals surface area contributed by atoms with Gasteiger partial charge in [-0.15, -0.1) is 5.10 Å². The van der Waals surface area contributed by atoms with Crippen LogP contribution in [-0.4, -0.2) is 40.0 Å². The van der Waals surface area contributed by atoms with Crippen LogP contribution >= 0.6 is 0 Å². The predicted octanol–water partition coefficient (Wildman–Crippen LogP) is 4.80. The molecule has 1 N–H and O–H groups in total. The molecule has 1 aliphatic rings. The Morgan fingerprint density at radius 3 is 2.58 bits per heavy atom. The Labute approximate surface area is 220 Å². The largest absolute Gasteiger partial charge is 0.497 e. The highest BCUT2D eigenvalue weighted by Crippen LogP contribution is 2.31. The normalized spacial score (nSPS) is 14.7. The summed E-state index contributed by atoms with van der Waals surface area (Å²) in [4.78, 5) is 29.4. The number of methoxy groups -OCH3 is 1. The van der Waals surface area contributed by atoms with Gasteiger partial charge in [0.05, 0.1) is 12.6 Å². The number of halogens is 1. The maximum Gasteiger partial charge on any atom is 0.249 e. The number of rotatable bonds is 8. The molecule has 0 saturated heterocycles. The fraction of sp³-hybridized carbons (Fsp3) is 0.310. The summed E-state index contributed by atoms with van der Waals surface area (Å²) in [5.74, 6) is -0.565. The molecule has 2 amide bonds. The molecule has 1 atom stereocenters. The van der Waals surface area contributed by atoms with Gasteiger partial charge in [0.2, 0.25) is 11.8 Å². The quantitative estimate of drug-likeness (QED) is 0.364. The molecule has 1 aromatic heterocycles.